The van der Waals surface area contributed by atoms with Gasteiger partial charge in [0, 0.05) is 5.56 Å². The van der Waals surface area contributed by atoms with Gasteiger partial charge in [-0.3, -0.25) is 0 Å². The highest BCUT2D eigenvalue weighted by Gasteiger charge is 2.30. The number of piperazine rings is 1. The number of ether oxygens (including phenoxy) is 3. The number of methoxy groups -OCH3 is 3. The number of benzene rings is 2. The second kappa shape index (κ2) is 8.81. The zero-order valence-electron chi connectivity index (χ0n) is 16.5. The van der Waals surface area contributed by atoms with Crippen LogP contribution in [0.5, 0.6) is 17.2 Å². The number of sulfonamides is 1. The molecule has 0 aliphatic carbocycles. The van der Waals surface area contributed by atoms with Gasteiger partial charge in [0.15, 0.2) is 11.5 Å². The van der Waals surface area contributed by atoms with Crippen LogP contribution in [-0.4, -0.2) is 60.2 Å². The molecule has 0 atom stereocenters. The van der Waals surface area contributed by atoms with Crippen molar-refractivity contribution in [3.63, 3.8) is 0 Å². The van der Waals surface area contributed by atoms with E-state index in [0.717, 1.165) is 25.2 Å². The first kappa shape index (κ1) is 20.4. The molecule has 1 fully saturated rings. The van der Waals surface area contributed by atoms with Crippen molar-refractivity contribution in [3.05, 3.63) is 48.0 Å². The number of hydrogen-bond acceptors (Lipinski definition) is 5. The van der Waals surface area contributed by atoms with Crippen LogP contribution in [-0.2, 0) is 16.6 Å². The van der Waals surface area contributed by atoms with Gasteiger partial charge in [0.05, 0.1) is 52.4 Å². The van der Waals surface area contributed by atoms with E-state index < -0.39 is 10.0 Å². The molecule has 0 spiro atoms. The van der Waals surface area contributed by atoms with Crippen molar-refractivity contribution in [3.8, 4) is 17.2 Å². The Balaban J connectivity index is 1.62. The summed E-state index contributed by atoms with van der Waals surface area (Å²) in [7, 11) is 1.32. The smallest absolute Gasteiger partial charge is 0.243 e. The van der Waals surface area contributed by atoms with E-state index in [9.17, 15) is 8.42 Å². The molecule has 8 heteroatoms. The maximum Gasteiger partial charge on any atom is 0.243 e. The average Bonchev–Trinajstić information content (AvgIpc) is 2.74. The largest absolute Gasteiger partial charge is 0.497 e. The molecule has 0 unspecified atom stereocenters. The summed E-state index contributed by atoms with van der Waals surface area (Å²) in [5.74, 6) is 2.06. The molecule has 2 aromatic rings. The van der Waals surface area contributed by atoms with E-state index in [-0.39, 0.29) is 0 Å². The second-order valence-electron chi connectivity index (χ2n) is 6.70. The summed E-state index contributed by atoms with van der Waals surface area (Å²) in [6, 6.07) is 12.4. The summed E-state index contributed by atoms with van der Waals surface area (Å²) < 4.78 is 43.0. The van der Waals surface area contributed by atoms with Gasteiger partial charge in [-0.15, -0.1) is 0 Å². The van der Waals surface area contributed by atoms with Crippen LogP contribution >= 0.6 is 0 Å². The summed E-state index contributed by atoms with van der Waals surface area (Å²) in [5.41, 5.74) is 1.14. The molecule has 1 heterocycles. The standard InChI is InChI=1S/C20H26N2O5S/c1-25-17-5-7-18(8-6-17)28(23,24)22-12-10-21(11-13-22)15-16-4-9-19(26-2)20(14-16)27-3/h4-9,14H,10-13,15H2,1-3H3/p+1. The molecule has 1 aliphatic heterocycles. The summed E-state index contributed by atoms with van der Waals surface area (Å²) in [4.78, 5) is 1.64. The second-order valence-corrected chi connectivity index (χ2v) is 8.63. The highest BCUT2D eigenvalue weighted by Crippen LogP contribution is 2.27. The molecule has 3 rings (SSSR count). The number of hydrogen-bond donors (Lipinski definition) is 1. The normalized spacial score (nSPS) is 16.0. The van der Waals surface area contributed by atoms with Crippen molar-refractivity contribution in [2.45, 2.75) is 11.4 Å². The third-order valence-corrected chi connectivity index (χ3v) is 6.94. The Bertz CT molecular complexity index is 891. The first-order chi connectivity index (χ1) is 13.5. The van der Waals surface area contributed by atoms with E-state index in [0.29, 0.717) is 35.2 Å². The Morgan fingerprint density at radius 1 is 0.893 bits per heavy atom. The van der Waals surface area contributed by atoms with E-state index in [1.165, 1.54) is 4.90 Å². The zero-order chi connectivity index (χ0) is 20.1. The van der Waals surface area contributed by atoms with Gasteiger partial charge < -0.3 is 19.1 Å². The van der Waals surface area contributed by atoms with E-state index in [1.54, 1.807) is 49.9 Å². The van der Waals surface area contributed by atoms with E-state index in [1.807, 2.05) is 18.2 Å². The van der Waals surface area contributed by atoms with Gasteiger partial charge >= 0.3 is 0 Å². The van der Waals surface area contributed by atoms with Crippen molar-refractivity contribution >= 4 is 10.0 Å². The first-order valence-corrected chi connectivity index (χ1v) is 10.6. The van der Waals surface area contributed by atoms with Crippen molar-refractivity contribution < 1.29 is 27.5 Å². The van der Waals surface area contributed by atoms with Crippen LogP contribution in [0.1, 0.15) is 5.56 Å². The molecule has 0 saturated carbocycles. The monoisotopic (exact) mass is 407 g/mol. The summed E-state index contributed by atoms with van der Waals surface area (Å²) in [6.07, 6.45) is 0. The van der Waals surface area contributed by atoms with Crippen LogP contribution in [0.25, 0.3) is 0 Å². The minimum absolute atomic E-state index is 0.302. The molecule has 0 aromatic heterocycles. The molecular formula is C20H27N2O5S+. The fraction of sp³-hybridized carbons (Fsp3) is 0.400. The van der Waals surface area contributed by atoms with Gasteiger partial charge in [-0.25, -0.2) is 8.42 Å². The lowest BCUT2D eigenvalue weighted by atomic mass is 10.1. The van der Waals surface area contributed by atoms with Crippen LogP contribution in [0.4, 0.5) is 0 Å². The van der Waals surface area contributed by atoms with Crippen LogP contribution in [0.15, 0.2) is 47.4 Å². The fourth-order valence-corrected chi connectivity index (χ4v) is 4.84. The predicted molar refractivity (Wildman–Crippen MR) is 106 cm³/mol. The summed E-state index contributed by atoms with van der Waals surface area (Å²) in [6.45, 7) is 3.32. The molecular weight excluding hydrogens is 380 g/mol. The van der Waals surface area contributed by atoms with Gasteiger partial charge in [-0.05, 0) is 42.5 Å². The number of nitrogens with zero attached hydrogens (tertiary/aromatic N) is 1. The highest BCUT2D eigenvalue weighted by molar-refractivity contribution is 7.89. The Hall–Kier alpha value is -2.29. The maximum atomic E-state index is 12.9. The lowest BCUT2D eigenvalue weighted by molar-refractivity contribution is -0.917. The lowest BCUT2D eigenvalue weighted by Crippen LogP contribution is -3.13. The molecule has 7 nitrogen and oxygen atoms in total. The van der Waals surface area contributed by atoms with Crippen molar-refractivity contribution in [2.24, 2.45) is 0 Å². The molecule has 152 valence electrons. The molecule has 1 aliphatic rings. The van der Waals surface area contributed by atoms with E-state index in [2.05, 4.69) is 0 Å². The lowest BCUT2D eigenvalue weighted by Gasteiger charge is -2.31. The van der Waals surface area contributed by atoms with Crippen molar-refractivity contribution in [1.29, 1.82) is 0 Å². The van der Waals surface area contributed by atoms with Crippen molar-refractivity contribution in [1.82, 2.24) is 4.31 Å². The zero-order valence-corrected chi connectivity index (χ0v) is 17.3. The number of nitrogens with one attached hydrogen (secondary N) is 1. The van der Waals surface area contributed by atoms with Gasteiger partial charge in [0.2, 0.25) is 10.0 Å². The Morgan fingerprint density at radius 2 is 1.54 bits per heavy atom. The molecule has 28 heavy (non-hydrogen) atoms. The Morgan fingerprint density at radius 3 is 2.11 bits per heavy atom. The molecule has 2 aromatic carbocycles. The third-order valence-electron chi connectivity index (χ3n) is 5.03. The number of rotatable bonds is 7. The molecule has 0 radical (unpaired) electrons. The highest BCUT2D eigenvalue weighted by atomic mass is 32.2. The van der Waals surface area contributed by atoms with Gasteiger partial charge in [0.25, 0.3) is 0 Å². The minimum Gasteiger partial charge on any atom is -0.497 e. The third kappa shape index (κ3) is 4.40. The van der Waals surface area contributed by atoms with Gasteiger partial charge in [-0.2, -0.15) is 4.31 Å². The molecule has 1 saturated heterocycles. The van der Waals surface area contributed by atoms with Crippen LogP contribution < -0.4 is 19.1 Å². The Kier molecular flexibility index (Phi) is 6.43. The SMILES string of the molecule is COc1ccc(S(=O)(=O)N2CC[NH+](Cc3ccc(OC)c(OC)c3)CC2)cc1. The minimum atomic E-state index is -3.48. The Labute approximate surface area is 166 Å². The topological polar surface area (TPSA) is 69.5 Å². The van der Waals surface area contributed by atoms with Crippen LogP contribution in [0.2, 0.25) is 0 Å². The summed E-state index contributed by atoms with van der Waals surface area (Å²) >= 11 is 0. The number of quaternary nitrogens is 1. The van der Waals surface area contributed by atoms with Crippen LogP contribution in [0, 0.1) is 0 Å². The molecule has 1 N–H and O–H groups in total. The average molecular weight is 408 g/mol. The summed E-state index contributed by atoms with van der Waals surface area (Å²) in [5, 5.41) is 0. The molecule has 0 bridgehead atoms. The quantitative estimate of drug-likeness (QED) is 0.735. The van der Waals surface area contributed by atoms with E-state index >= 15 is 0 Å². The predicted octanol–water partition coefficient (Wildman–Crippen LogP) is 0.802. The van der Waals surface area contributed by atoms with Crippen LogP contribution in [0.3, 0.4) is 0 Å². The van der Waals surface area contributed by atoms with Gasteiger partial charge in [0.1, 0.15) is 12.3 Å². The molecule has 0 amide bonds. The first-order valence-electron chi connectivity index (χ1n) is 9.16. The van der Waals surface area contributed by atoms with E-state index in [4.69, 9.17) is 14.2 Å². The maximum absolute atomic E-state index is 12.9. The van der Waals surface area contributed by atoms with Crippen molar-refractivity contribution in [2.75, 3.05) is 47.5 Å². The van der Waals surface area contributed by atoms with Gasteiger partial charge in [-0.1, -0.05) is 0 Å². The fourth-order valence-electron chi connectivity index (χ4n) is 3.40.